The standard InChI is InChI=1S/C10H11BrN4/c1-7(10-13-4-5-14-10)15-9-2-3-12-6-8(9)11/h2-7H,1H3,(H,12,15)(H,13,14). The fourth-order valence-electron chi connectivity index (χ4n) is 1.31. The highest BCUT2D eigenvalue weighted by Crippen LogP contribution is 2.23. The Balaban J connectivity index is 2.13. The van der Waals surface area contributed by atoms with Gasteiger partial charge in [-0.05, 0) is 28.9 Å². The highest BCUT2D eigenvalue weighted by Gasteiger charge is 2.08. The van der Waals surface area contributed by atoms with E-state index in [9.17, 15) is 0 Å². The normalized spacial score (nSPS) is 12.4. The van der Waals surface area contributed by atoms with Gasteiger partial charge in [0.2, 0.25) is 0 Å². The van der Waals surface area contributed by atoms with Crippen LogP contribution in [-0.4, -0.2) is 15.0 Å². The molecule has 0 spiro atoms. The number of imidazole rings is 1. The van der Waals surface area contributed by atoms with Gasteiger partial charge in [-0.15, -0.1) is 0 Å². The predicted molar refractivity (Wildman–Crippen MR) is 62.6 cm³/mol. The minimum atomic E-state index is 0.138. The average Bonchev–Trinajstić information content (AvgIpc) is 2.74. The Morgan fingerprint density at radius 3 is 3.00 bits per heavy atom. The van der Waals surface area contributed by atoms with Crippen LogP contribution in [0.4, 0.5) is 5.69 Å². The molecule has 0 saturated heterocycles. The monoisotopic (exact) mass is 266 g/mol. The molecule has 0 bridgehead atoms. The third-order valence-corrected chi connectivity index (χ3v) is 2.71. The first-order valence-electron chi connectivity index (χ1n) is 4.62. The maximum atomic E-state index is 4.19. The van der Waals surface area contributed by atoms with E-state index in [1.807, 2.05) is 19.2 Å². The van der Waals surface area contributed by atoms with Gasteiger partial charge in [-0.3, -0.25) is 4.98 Å². The highest BCUT2D eigenvalue weighted by atomic mass is 79.9. The second-order valence-corrected chi connectivity index (χ2v) is 4.05. The number of halogens is 1. The molecule has 0 saturated carbocycles. The number of aromatic amines is 1. The Bertz CT molecular complexity index is 427. The summed E-state index contributed by atoms with van der Waals surface area (Å²) in [6.45, 7) is 2.05. The van der Waals surface area contributed by atoms with Crippen molar-refractivity contribution in [3.8, 4) is 0 Å². The van der Waals surface area contributed by atoms with E-state index in [0.29, 0.717) is 0 Å². The first-order chi connectivity index (χ1) is 7.27. The number of H-pyrrole nitrogens is 1. The zero-order valence-electron chi connectivity index (χ0n) is 8.24. The maximum absolute atomic E-state index is 4.19. The Hall–Kier alpha value is -1.36. The van der Waals surface area contributed by atoms with Gasteiger partial charge in [0.15, 0.2) is 0 Å². The molecular weight excluding hydrogens is 256 g/mol. The smallest absolute Gasteiger partial charge is 0.128 e. The van der Waals surface area contributed by atoms with Crippen LogP contribution in [0.3, 0.4) is 0 Å². The van der Waals surface area contributed by atoms with Crippen molar-refractivity contribution in [3.63, 3.8) is 0 Å². The number of nitrogens with zero attached hydrogens (tertiary/aromatic N) is 2. The summed E-state index contributed by atoms with van der Waals surface area (Å²) in [6.07, 6.45) is 7.07. The minimum absolute atomic E-state index is 0.138. The van der Waals surface area contributed by atoms with Crippen molar-refractivity contribution in [1.82, 2.24) is 15.0 Å². The molecule has 0 aliphatic rings. The fourth-order valence-corrected chi connectivity index (χ4v) is 1.67. The molecule has 1 atom stereocenters. The van der Waals surface area contributed by atoms with Gasteiger partial charge in [-0.2, -0.15) is 0 Å². The van der Waals surface area contributed by atoms with Gasteiger partial charge in [0.25, 0.3) is 0 Å². The van der Waals surface area contributed by atoms with Crippen LogP contribution in [0.15, 0.2) is 35.3 Å². The molecular formula is C10H11BrN4. The molecule has 5 heteroatoms. The molecule has 2 heterocycles. The second-order valence-electron chi connectivity index (χ2n) is 3.20. The summed E-state index contributed by atoms with van der Waals surface area (Å²) in [5, 5.41) is 3.33. The first-order valence-corrected chi connectivity index (χ1v) is 5.42. The number of anilines is 1. The maximum Gasteiger partial charge on any atom is 0.128 e. The van der Waals surface area contributed by atoms with Crippen LogP contribution in [0, 0.1) is 0 Å². The SMILES string of the molecule is CC(Nc1ccncc1Br)c1ncc[nH]1. The van der Waals surface area contributed by atoms with Crippen molar-refractivity contribution in [3.05, 3.63) is 41.2 Å². The lowest BCUT2D eigenvalue weighted by molar-refractivity contribution is 0.809. The van der Waals surface area contributed by atoms with Gasteiger partial charge in [0, 0.05) is 24.8 Å². The number of nitrogens with one attached hydrogen (secondary N) is 2. The largest absolute Gasteiger partial charge is 0.374 e. The van der Waals surface area contributed by atoms with E-state index in [4.69, 9.17) is 0 Å². The van der Waals surface area contributed by atoms with Crippen molar-refractivity contribution in [1.29, 1.82) is 0 Å². The summed E-state index contributed by atoms with van der Waals surface area (Å²) in [4.78, 5) is 11.3. The Labute approximate surface area is 96.3 Å². The third kappa shape index (κ3) is 2.36. The van der Waals surface area contributed by atoms with E-state index in [1.165, 1.54) is 0 Å². The van der Waals surface area contributed by atoms with Crippen LogP contribution in [0.25, 0.3) is 0 Å². The van der Waals surface area contributed by atoms with Crippen LogP contribution in [0.5, 0.6) is 0 Å². The summed E-state index contributed by atoms with van der Waals surface area (Å²) in [6, 6.07) is 2.06. The number of aromatic nitrogens is 3. The highest BCUT2D eigenvalue weighted by molar-refractivity contribution is 9.10. The molecule has 2 aromatic heterocycles. The van der Waals surface area contributed by atoms with Crippen molar-refractivity contribution < 1.29 is 0 Å². The Morgan fingerprint density at radius 2 is 2.33 bits per heavy atom. The number of hydrogen-bond donors (Lipinski definition) is 2. The molecule has 0 aliphatic heterocycles. The topological polar surface area (TPSA) is 53.6 Å². The molecule has 15 heavy (non-hydrogen) atoms. The first kappa shape index (κ1) is 10.2. The van der Waals surface area contributed by atoms with Gasteiger partial charge in [-0.25, -0.2) is 4.98 Å². The lowest BCUT2D eigenvalue weighted by Crippen LogP contribution is -2.08. The van der Waals surface area contributed by atoms with Crippen LogP contribution < -0.4 is 5.32 Å². The van der Waals surface area contributed by atoms with E-state index < -0.39 is 0 Å². The summed E-state index contributed by atoms with van der Waals surface area (Å²) in [7, 11) is 0. The molecule has 0 fully saturated rings. The molecule has 2 N–H and O–H groups in total. The van der Waals surface area contributed by atoms with Gasteiger partial charge >= 0.3 is 0 Å². The van der Waals surface area contributed by atoms with E-state index >= 15 is 0 Å². The Morgan fingerprint density at radius 1 is 1.47 bits per heavy atom. The summed E-state index contributed by atoms with van der Waals surface area (Å²) < 4.78 is 0.948. The van der Waals surface area contributed by atoms with Crippen molar-refractivity contribution in [2.75, 3.05) is 5.32 Å². The fraction of sp³-hybridized carbons (Fsp3) is 0.200. The van der Waals surface area contributed by atoms with E-state index in [0.717, 1.165) is 16.0 Å². The van der Waals surface area contributed by atoms with Gasteiger partial charge in [-0.1, -0.05) is 0 Å². The average molecular weight is 267 g/mol. The zero-order valence-corrected chi connectivity index (χ0v) is 9.82. The van der Waals surface area contributed by atoms with Crippen LogP contribution in [0.1, 0.15) is 18.8 Å². The van der Waals surface area contributed by atoms with Gasteiger partial charge < -0.3 is 10.3 Å². The summed E-state index contributed by atoms with van der Waals surface area (Å²) in [5.41, 5.74) is 1.01. The molecule has 1 unspecified atom stereocenters. The number of pyridine rings is 1. The van der Waals surface area contributed by atoms with Gasteiger partial charge in [0.05, 0.1) is 16.2 Å². The van der Waals surface area contributed by atoms with Crippen LogP contribution in [0.2, 0.25) is 0 Å². The van der Waals surface area contributed by atoms with Crippen LogP contribution in [-0.2, 0) is 0 Å². The zero-order chi connectivity index (χ0) is 10.7. The molecule has 2 aromatic rings. The lowest BCUT2D eigenvalue weighted by atomic mass is 10.3. The number of rotatable bonds is 3. The molecule has 4 nitrogen and oxygen atoms in total. The molecule has 2 rings (SSSR count). The Kier molecular flexibility index (Phi) is 3.01. The second kappa shape index (κ2) is 4.44. The lowest BCUT2D eigenvalue weighted by Gasteiger charge is -2.13. The van der Waals surface area contributed by atoms with E-state index in [-0.39, 0.29) is 6.04 Å². The van der Waals surface area contributed by atoms with Crippen LogP contribution >= 0.6 is 15.9 Å². The molecule has 0 aliphatic carbocycles. The number of hydrogen-bond acceptors (Lipinski definition) is 3. The van der Waals surface area contributed by atoms with E-state index in [1.54, 1.807) is 18.6 Å². The summed E-state index contributed by atoms with van der Waals surface area (Å²) >= 11 is 3.43. The summed E-state index contributed by atoms with van der Waals surface area (Å²) in [5.74, 6) is 0.915. The molecule has 0 amide bonds. The third-order valence-electron chi connectivity index (χ3n) is 2.07. The quantitative estimate of drug-likeness (QED) is 0.899. The van der Waals surface area contributed by atoms with Crippen molar-refractivity contribution in [2.24, 2.45) is 0 Å². The molecule has 0 aromatic carbocycles. The van der Waals surface area contributed by atoms with E-state index in [2.05, 4.69) is 36.2 Å². The molecule has 0 radical (unpaired) electrons. The van der Waals surface area contributed by atoms with Crippen molar-refractivity contribution >= 4 is 21.6 Å². The predicted octanol–water partition coefficient (Wildman–Crippen LogP) is 2.74. The minimum Gasteiger partial charge on any atom is -0.374 e. The molecule has 78 valence electrons. The van der Waals surface area contributed by atoms with Crippen molar-refractivity contribution in [2.45, 2.75) is 13.0 Å². The van der Waals surface area contributed by atoms with Gasteiger partial charge in [0.1, 0.15) is 5.82 Å².